The van der Waals surface area contributed by atoms with Gasteiger partial charge >= 0.3 is 0 Å². The van der Waals surface area contributed by atoms with Gasteiger partial charge in [0.1, 0.15) is 5.60 Å². The predicted molar refractivity (Wildman–Crippen MR) is 129 cm³/mol. The number of rotatable bonds is 7. The Hall–Kier alpha value is -2.52. The van der Waals surface area contributed by atoms with Gasteiger partial charge in [0.05, 0.1) is 23.6 Å². The van der Waals surface area contributed by atoms with Crippen molar-refractivity contribution in [2.75, 3.05) is 64.6 Å². The number of piperidine rings is 1. The molecular formula is C25H34N6O2. The molecule has 2 aliphatic heterocycles. The Bertz CT molecular complexity index is 1050. The van der Waals surface area contributed by atoms with E-state index in [1.54, 1.807) is 7.11 Å². The number of aromatic nitrogens is 3. The van der Waals surface area contributed by atoms with Crippen LogP contribution in [0, 0.1) is 0 Å². The number of nitrogens with one attached hydrogen (secondary N) is 1. The second-order valence-electron chi connectivity index (χ2n) is 8.91. The second-order valence-corrected chi connectivity index (χ2v) is 8.91. The fourth-order valence-corrected chi connectivity index (χ4v) is 5.00. The van der Waals surface area contributed by atoms with E-state index in [0.717, 1.165) is 81.1 Å². The van der Waals surface area contributed by atoms with Crippen molar-refractivity contribution in [3.8, 4) is 11.3 Å². The smallest absolute Gasteiger partial charge is 0.107 e. The summed E-state index contributed by atoms with van der Waals surface area (Å²) in [6, 6.07) is 8.58. The Kier molecular flexibility index (Phi) is 6.59. The maximum Gasteiger partial charge on any atom is 0.107 e. The summed E-state index contributed by atoms with van der Waals surface area (Å²) >= 11 is 0. The first-order valence-corrected chi connectivity index (χ1v) is 12.0. The number of ether oxygens (including phenoxy) is 2. The molecule has 0 unspecified atom stereocenters. The number of fused-ring (bicyclic) bond motifs is 1. The lowest BCUT2D eigenvalue weighted by Gasteiger charge is -2.36. The van der Waals surface area contributed by atoms with Gasteiger partial charge in [-0.05, 0) is 44.5 Å². The fourth-order valence-electron chi connectivity index (χ4n) is 5.00. The summed E-state index contributed by atoms with van der Waals surface area (Å²) in [5, 5.41) is 8.02. The SMILES string of the molecule is CCOCN1CCN(c2ccnn3cc(-c4ccc([C@]5(OC)CCCNC5)cn4)cc23)CC1. The van der Waals surface area contributed by atoms with Crippen LogP contribution in [0.5, 0.6) is 0 Å². The van der Waals surface area contributed by atoms with Crippen LogP contribution in [-0.2, 0) is 15.1 Å². The Morgan fingerprint density at radius 2 is 2.03 bits per heavy atom. The van der Waals surface area contributed by atoms with E-state index >= 15 is 0 Å². The summed E-state index contributed by atoms with van der Waals surface area (Å²) in [7, 11) is 1.80. The van der Waals surface area contributed by atoms with Crippen molar-refractivity contribution in [3.05, 3.63) is 48.4 Å². The average Bonchev–Trinajstić information content (AvgIpc) is 3.33. The summed E-state index contributed by atoms with van der Waals surface area (Å²) in [5.74, 6) is 0. The number of hydrogen-bond acceptors (Lipinski definition) is 7. The molecule has 2 fully saturated rings. The zero-order valence-corrected chi connectivity index (χ0v) is 19.7. The summed E-state index contributed by atoms with van der Waals surface area (Å²) in [6.45, 7) is 9.35. The molecule has 0 saturated carbocycles. The molecule has 0 bridgehead atoms. The van der Waals surface area contributed by atoms with Crippen LogP contribution in [0.25, 0.3) is 16.8 Å². The number of methoxy groups -OCH3 is 1. The van der Waals surface area contributed by atoms with Gasteiger partial charge in [0, 0.05) is 76.2 Å². The summed E-state index contributed by atoms with van der Waals surface area (Å²) in [6.07, 6.45) is 8.04. The molecule has 0 amide bonds. The maximum absolute atomic E-state index is 5.94. The predicted octanol–water partition coefficient (Wildman–Crippen LogP) is 2.74. The third kappa shape index (κ3) is 4.48. The summed E-state index contributed by atoms with van der Waals surface area (Å²) in [4.78, 5) is 9.62. The van der Waals surface area contributed by atoms with Gasteiger partial charge in [-0.1, -0.05) is 6.07 Å². The van der Waals surface area contributed by atoms with Crippen LogP contribution >= 0.6 is 0 Å². The quantitative estimate of drug-likeness (QED) is 0.594. The topological polar surface area (TPSA) is 67.2 Å². The zero-order valence-electron chi connectivity index (χ0n) is 19.7. The lowest BCUT2D eigenvalue weighted by molar-refractivity contribution is -0.0335. The van der Waals surface area contributed by atoms with E-state index < -0.39 is 0 Å². The van der Waals surface area contributed by atoms with Crippen LogP contribution in [0.4, 0.5) is 5.69 Å². The normalized spacial score (nSPS) is 22.2. The minimum Gasteiger partial charge on any atom is -0.372 e. The van der Waals surface area contributed by atoms with Gasteiger partial charge in [-0.2, -0.15) is 5.10 Å². The molecule has 33 heavy (non-hydrogen) atoms. The zero-order chi connectivity index (χ0) is 22.7. The molecule has 1 N–H and O–H groups in total. The molecule has 8 nitrogen and oxygen atoms in total. The van der Waals surface area contributed by atoms with Crippen molar-refractivity contribution in [3.63, 3.8) is 0 Å². The van der Waals surface area contributed by atoms with Gasteiger partial charge in [0.25, 0.3) is 0 Å². The van der Waals surface area contributed by atoms with Crippen LogP contribution < -0.4 is 10.2 Å². The van der Waals surface area contributed by atoms with Crippen molar-refractivity contribution in [2.24, 2.45) is 0 Å². The molecule has 0 aliphatic carbocycles. The van der Waals surface area contributed by atoms with Crippen molar-refractivity contribution < 1.29 is 9.47 Å². The Labute approximate surface area is 195 Å². The van der Waals surface area contributed by atoms with Crippen molar-refractivity contribution in [1.29, 1.82) is 0 Å². The molecule has 5 rings (SSSR count). The van der Waals surface area contributed by atoms with Gasteiger partial charge in [0.2, 0.25) is 0 Å². The van der Waals surface area contributed by atoms with E-state index in [1.807, 2.05) is 23.8 Å². The van der Waals surface area contributed by atoms with Gasteiger partial charge in [0.15, 0.2) is 0 Å². The highest BCUT2D eigenvalue weighted by molar-refractivity contribution is 5.79. The molecule has 8 heteroatoms. The Balaban J connectivity index is 1.36. The van der Waals surface area contributed by atoms with E-state index in [1.165, 1.54) is 5.69 Å². The minimum atomic E-state index is -0.283. The summed E-state index contributed by atoms with van der Waals surface area (Å²) in [5.41, 5.74) is 5.20. The standard InChI is InChI=1S/C25H34N6O2/c1-3-33-19-29-11-13-30(14-12-29)23-7-10-28-31-17-20(15-24(23)31)22-6-5-21(16-27-22)25(32-2)8-4-9-26-18-25/h5-7,10,15-17,26H,3-4,8-9,11-14,18-19H2,1-2H3/t25-/m0/s1. The van der Waals surface area contributed by atoms with E-state index in [-0.39, 0.29) is 5.60 Å². The molecule has 3 aromatic heterocycles. The van der Waals surface area contributed by atoms with Crippen molar-refractivity contribution in [1.82, 2.24) is 24.8 Å². The first kappa shape index (κ1) is 22.3. The lowest BCUT2D eigenvalue weighted by Crippen LogP contribution is -2.47. The lowest BCUT2D eigenvalue weighted by atomic mass is 9.87. The number of hydrogen-bond donors (Lipinski definition) is 1. The second kappa shape index (κ2) is 9.77. The molecule has 0 radical (unpaired) electrons. The number of pyridine rings is 1. The number of piperazine rings is 1. The van der Waals surface area contributed by atoms with E-state index in [2.05, 4.69) is 50.7 Å². The van der Waals surface area contributed by atoms with E-state index in [4.69, 9.17) is 14.5 Å². The molecule has 176 valence electrons. The molecule has 0 spiro atoms. The first-order chi connectivity index (χ1) is 16.2. The molecule has 0 aromatic carbocycles. The monoisotopic (exact) mass is 450 g/mol. The van der Waals surface area contributed by atoms with Gasteiger partial charge in [-0.15, -0.1) is 0 Å². The minimum absolute atomic E-state index is 0.283. The number of anilines is 1. The molecule has 1 atom stereocenters. The van der Waals surface area contributed by atoms with Crippen molar-refractivity contribution in [2.45, 2.75) is 25.4 Å². The average molecular weight is 451 g/mol. The van der Waals surface area contributed by atoms with E-state index in [0.29, 0.717) is 6.73 Å². The fraction of sp³-hybridized carbons (Fsp3) is 0.520. The van der Waals surface area contributed by atoms with Crippen LogP contribution in [0.2, 0.25) is 0 Å². The molecule has 2 saturated heterocycles. The van der Waals surface area contributed by atoms with Gasteiger partial charge < -0.3 is 19.7 Å². The first-order valence-electron chi connectivity index (χ1n) is 12.0. The molecular weight excluding hydrogens is 416 g/mol. The Morgan fingerprint density at radius 1 is 1.15 bits per heavy atom. The van der Waals surface area contributed by atoms with Crippen LogP contribution in [0.3, 0.4) is 0 Å². The number of nitrogens with zero attached hydrogens (tertiary/aromatic N) is 5. The maximum atomic E-state index is 5.94. The van der Waals surface area contributed by atoms with Gasteiger partial charge in [-0.3, -0.25) is 9.88 Å². The van der Waals surface area contributed by atoms with Crippen LogP contribution in [-0.4, -0.2) is 79.2 Å². The largest absolute Gasteiger partial charge is 0.372 e. The van der Waals surface area contributed by atoms with Crippen LogP contribution in [0.1, 0.15) is 25.3 Å². The molecule has 5 heterocycles. The Morgan fingerprint density at radius 3 is 2.73 bits per heavy atom. The molecule has 3 aromatic rings. The summed E-state index contributed by atoms with van der Waals surface area (Å²) < 4.78 is 13.5. The van der Waals surface area contributed by atoms with Crippen LogP contribution in [0.15, 0.2) is 42.9 Å². The third-order valence-electron chi connectivity index (χ3n) is 7.00. The van der Waals surface area contributed by atoms with Gasteiger partial charge in [-0.25, -0.2) is 4.52 Å². The highest BCUT2D eigenvalue weighted by Crippen LogP contribution is 2.33. The highest BCUT2D eigenvalue weighted by Gasteiger charge is 2.34. The molecule has 2 aliphatic rings. The third-order valence-corrected chi connectivity index (χ3v) is 7.00. The highest BCUT2D eigenvalue weighted by atomic mass is 16.5. The van der Waals surface area contributed by atoms with E-state index in [9.17, 15) is 0 Å². The van der Waals surface area contributed by atoms with Crippen molar-refractivity contribution >= 4 is 11.2 Å².